The Bertz CT molecular complexity index is 570. The van der Waals surface area contributed by atoms with Crippen molar-refractivity contribution in [3.8, 4) is 11.5 Å². The van der Waals surface area contributed by atoms with Gasteiger partial charge in [-0.3, -0.25) is 4.79 Å². The second-order valence-corrected chi connectivity index (χ2v) is 5.83. The Kier molecular flexibility index (Phi) is 14.4. The van der Waals surface area contributed by atoms with Crippen LogP contribution < -0.4 is 25.4 Å². The van der Waals surface area contributed by atoms with E-state index in [4.69, 9.17) is 9.47 Å². The molecule has 0 aromatic heterocycles. The molecule has 0 heterocycles. The number of carbonyl (C=O) groups is 1. The number of benzene rings is 1. The number of nitrogens with one attached hydrogen (secondary N) is 3. The molecule has 1 amide bonds. The van der Waals surface area contributed by atoms with Crippen LogP contribution in [0.1, 0.15) is 33.6 Å². The minimum Gasteiger partial charge on any atom is -0.493 e. The van der Waals surface area contributed by atoms with Gasteiger partial charge in [0.2, 0.25) is 5.91 Å². The zero-order valence-corrected chi connectivity index (χ0v) is 19.0. The molecule has 0 aliphatic heterocycles. The molecule has 1 unspecified atom stereocenters. The van der Waals surface area contributed by atoms with Crippen molar-refractivity contribution in [1.29, 1.82) is 0 Å². The first-order valence-corrected chi connectivity index (χ1v) is 9.19. The van der Waals surface area contributed by atoms with E-state index in [0.29, 0.717) is 43.5 Å². The number of hydrogen-bond acceptors (Lipinski definition) is 4. The van der Waals surface area contributed by atoms with Crippen molar-refractivity contribution in [2.45, 2.75) is 39.7 Å². The third-order valence-corrected chi connectivity index (χ3v) is 3.46. The Morgan fingerprint density at radius 2 is 1.81 bits per heavy atom. The standard InChI is InChI=1S/C19H32N4O3.HI/c1-5-12-21-18(24)11-13-22-19(20-6-2)23-14-15(3)26-17-10-8-7-9-16(17)25-4;/h7-10,15H,5-6,11-14H2,1-4H3,(H,21,24)(H2,20,22,23);1H. The number of ether oxygens (including phenoxy) is 2. The Morgan fingerprint density at radius 3 is 2.44 bits per heavy atom. The number of carbonyl (C=O) groups excluding carboxylic acids is 1. The van der Waals surface area contributed by atoms with Crippen LogP contribution in [0.15, 0.2) is 29.3 Å². The van der Waals surface area contributed by atoms with Crippen LogP contribution in [0.25, 0.3) is 0 Å². The molecule has 1 aromatic rings. The molecule has 1 aromatic carbocycles. The van der Waals surface area contributed by atoms with Crippen LogP contribution in [0.2, 0.25) is 0 Å². The van der Waals surface area contributed by atoms with E-state index in [1.807, 2.05) is 45.0 Å². The largest absolute Gasteiger partial charge is 0.493 e. The highest BCUT2D eigenvalue weighted by Crippen LogP contribution is 2.26. The zero-order chi connectivity index (χ0) is 19.2. The highest BCUT2D eigenvalue weighted by molar-refractivity contribution is 14.0. The van der Waals surface area contributed by atoms with Crippen molar-refractivity contribution >= 4 is 35.8 Å². The van der Waals surface area contributed by atoms with Gasteiger partial charge in [-0.25, -0.2) is 4.99 Å². The molecule has 8 heteroatoms. The van der Waals surface area contributed by atoms with Gasteiger partial charge in [0.25, 0.3) is 0 Å². The van der Waals surface area contributed by atoms with Crippen LogP contribution >= 0.6 is 24.0 Å². The van der Waals surface area contributed by atoms with Crippen molar-refractivity contribution in [2.75, 3.05) is 33.3 Å². The predicted molar refractivity (Wildman–Crippen MR) is 120 cm³/mol. The highest BCUT2D eigenvalue weighted by Gasteiger charge is 2.09. The first-order valence-electron chi connectivity index (χ1n) is 9.19. The van der Waals surface area contributed by atoms with Crippen molar-refractivity contribution < 1.29 is 14.3 Å². The van der Waals surface area contributed by atoms with Crippen LogP contribution in [0, 0.1) is 0 Å². The van der Waals surface area contributed by atoms with E-state index in [0.717, 1.165) is 13.0 Å². The lowest BCUT2D eigenvalue weighted by atomic mass is 10.3. The van der Waals surface area contributed by atoms with Crippen LogP contribution in [-0.2, 0) is 4.79 Å². The molecule has 27 heavy (non-hydrogen) atoms. The molecule has 3 N–H and O–H groups in total. The van der Waals surface area contributed by atoms with Gasteiger partial charge in [-0.15, -0.1) is 24.0 Å². The van der Waals surface area contributed by atoms with E-state index >= 15 is 0 Å². The van der Waals surface area contributed by atoms with Crippen molar-refractivity contribution in [2.24, 2.45) is 4.99 Å². The molecule has 0 spiro atoms. The first-order chi connectivity index (χ1) is 12.6. The Hall–Kier alpha value is -1.71. The van der Waals surface area contributed by atoms with E-state index in [1.54, 1.807) is 7.11 Å². The van der Waals surface area contributed by atoms with E-state index < -0.39 is 0 Å². The first kappa shape index (κ1) is 25.3. The lowest BCUT2D eigenvalue weighted by Crippen LogP contribution is -2.40. The molecule has 1 atom stereocenters. The molecule has 0 aliphatic rings. The summed E-state index contributed by atoms with van der Waals surface area (Å²) in [7, 11) is 1.62. The number of nitrogens with zero attached hydrogens (tertiary/aromatic N) is 1. The SMILES string of the molecule is CCCNC(=O)CCNC(=NCC(C)Oc1ccccc1OC)NCC.I. The van der Waals surface area contributed by atoms with Gasteiger partial charge >= 0.3 is 0 Å². The van der Waals surface area contributed by atoms with E-state index in [2.05, 4.69) is 20.9 Å². The average Bonchev–Trinajstić information content (AvgIpc) is 2.64. The minimum atomic E-state index is -0.116. The van der Waals surface area contributed by atoms with E-state index in [1.165, 1.54) is 0 Å². The summed E-state index contributed by atoms with van der Waals surface area (Å²) >= 11 is 0. The quantitative estimate of drug-likeness (QED) is 0.251. The number of amides is 1. The Morgan fingerprint density at radius 1 is 1.11 bits per heavy atom. The summed E-state index contributed by atoms with van der Waals surface area (Å²) in [6.07, 6.45) is 1.24. The summed E-state index contributed by atoms with van der Waals surface area (Å²) < 4.78 is 11.2. The van der Waals surface area contributed by atoms with Gasteiger partial charge < -0.3 is 25.4 Å². The predicted octanol–water partition coefficient (Wildman–Crippen LogP) is 2.55. The van der Waals surface area contributed by atoms with Gasteiger partial charge in [0.15, 0.2) is 17.5 Å². The molecule has 7 nitrogen and oxygen atoms in total. The van der Waals surface area contributed by atoms with Crippen molar-refractivity contribution in [1.82, 2.24) is 16.0 Å². The van der Waals surface area contributed by atoms with Crippen molar-refractivity contribution in [3.63, 3.8) is 0 Å². The van der Waals surface area contributed by atoms with Gasteiger partial charge in [0.05, 0.1) is 13.7 Å². The summed E-state index contributed by atoms with van der Waals surface area (Å²) in [4.78, 5) is 16.1. The molecule has 0 fully saturated rings. The number of methoxy groups -OCH3 is 1. The number of rotatable bonds is 11. The van der Waals surface area contributed by atoms with Crippen LogP contribution in [0.3, 0.4) is 0 Å². The normalized spacial score (nSPS) is 11.8. The number of aliphatic imine (C=N–C) groups is 1. The third-order valence-electron chi connectivity index (χ3n) is 3.46. The molecule has 1 rings (SSSR count). The number of para-hydroxylation sites is 2. The Balaban J connectivity index is 0.00000676. The fraction of sp³-hybridized carbons (Fsp3) is 0.579. The zero-order valence-electron chi connectivity index (χ0n) is 16.7. The van der Waals surface area contributed by atoms with Gasteiger partial charge in [-0.2, -0.15) is 0 Å². The van der Waals surface area contributed by atoms with Gasteiger partial charge in [0.1, 0.15) is 6.10 Å². The lowest BCUT2D eigenvalue weighted by Gasteiger charge is -2.16. The smallest absolute Gasteiger partial charge is 0.221 e. The minimum absolute atomic E-state index is 0. The average molecular weight is 492 g/mol. The second-order valence-electron chi connectivity index (χ2n) is 5.83. The fourth-order valence-corrected chi connectivity index (χ4v) is 2.18. The van der Waals surface area contributed by atoms with Crippen molar-refractivity contribution in [3.05, 3.63) is 24.3 Å². The highest BCUT2D eigenvalue weighted by atomic mass is 127. The van der Waals surface area contributed by atoms with Gasteiger partial charge in [0, 0.05) is 26.1 Å². The van der Waals surface area contributed by atoms with E-state index in [-0.39, 0.29) is 36.0 Å². The number of hydrogen-bond donors (Lipinski definition) is 3. The summed E-state index contributed by atoms with van der Waals surface area (Å²) in [6, 6.07) is 7.54. The van der Waals surface area contributed by atoms with Crippen LogP contribution in [0.5, 0.6) is 11.5 Å². The Labute approximate surface area is 179 Å². The lowest BCUT2D eigenvalue weighted by molar-refractivity contribution is -0.120. The molecule has 0 saturated carbocycles. The fourth-order valence-electron chi connectivity index (χ4n) is 2.18. The molecular weight excluding hydrogens is 459 g/mol. The monoisotopic (exact) mass is 492 g/mol. The maximum atomic E-state index is 11.6. The second kappa shape index (κ2) is 15.4. The van der Waals surface area contributed by atoms with Gasteiger partial charge in [-0.05, 0) is 32.4 Å². The summed E-state index contributed by atoms with van der Waals surface area (Å²) in [5.41, 5.74) is 0. The summed E-state index contributed by atoms with van der Waals surface area (Å²) in [5.74, 6) is 2.11. The molecule has 0 saturated heterocycles. The van der Waals surface area contributed by atoms with E-state index in [9.17, 15) is 4.79 Å². The van der Waals surface area contributed by atoms with Crippen LogP contribution in [0.4, 0.5) is 0 Å². The van der Waals surface area contributed by atoms with Gasteiger partial charge in [-0.1, -0.05) is 19.1 Å². The number of halogens is 1. The molecule has 0 radical (unpaired) electrons. The summed E-state index contributed by atoms with van der Waals surface area (Å²) in [5, 5.41) is 9.19. The molecule has 154 valence electrons. The molecule has 0 bridgehead atoms. The molecule has 0 aliphatic carbocycles. The summed E-state index contributed by atoms with van der Waals surface area (Å²) in [6.45, 7) is 8.46. The maximum Gasteiger partial charge on any atom is 0.221 e. The topological polar surface area (TPSA) is 84.0 Å². The third kappa shape index (κ3) is 10.9. The maximum absolute atomic E-state index is 11.6. The molecular formula is C19H33IN4O3. The number of guanidine groups is 1. The van der Waals surface area contributed by atoms with Crippen LogP contribution in [-0.4, -0.2) is 51.3 Å².